The fraction of sp³-hybridized carbons (Fsp3) is 0.667. The highest BCUT2D eigenvalue weighted by atomic mass is 19.3. The first-order chi connectivity index (χ1) is 10.6. The Morgan fingerprint density at radius 1 is 1.00 bits per heavy atom. The van der Waals surface area contributed by atoms with Crippen molar-refractivity contribution in [3.05, 3.63) is 30.3 Å². The van der Waals surface area contributed by atoms with Crippen molar-refractivity contribution in [3.63, 3.8) is 0 Å². The van der Waals surface area contributed by atoms with Crippen molar-refractivity contribution >= 4 is 5.69 Å². The molecule has 1 saturated carbocycles. The van der Waals surface area contributed by atoms with Gasteiger partial charge in [-0.25, -0.2) is 8.78 Å². The number of halogens is 2. The number of hydrogen-bond donors (Lipinski definition) is 0. The van der Waals surface area contributed by atoms with E-state index >= 15 is 0 Å². The molecule has 3 aliphatic rings. The van der Waals surface area contributed by atoms with Crippen LogP contribution in [-0.2, 0) is 0 Å². The highest BCUT2D eigenvalue weighted by Gasteiger charge is 2.59. The van der Waals surface area contributed by atoms with Crippen LogP contribution < -0.4 is 4.90 Å². The lowest BCUT2D eigenvalue weighted by molar-refractivity contribution is -0.157. The van der Waals surface area contributed by atoms with E-state index in [-0.39, 0.29) is 6.42 Å². The van der Waals surface area contributed by atoms with Crippen LogP contribution in [0.2, 0.25) is 0 Å². The Balaban J connectivity index is 1.52. The van der Waals surface area contributed by atoms with Gasteiger partial charge in [0, 0.05) is 44.8 Å². The van der Waals surface area contributed by atoms with Crippen LogP contribution in [0.3, 0.4) is 0 Å². The fourth-order valence-corrected chi connectivity index (χ4v) is 4.17. The predicted molar refractivity (Wildman–Crippen MR) is 84.4 cm³/mol. The summed E-state index contributed by atoms with van der Waals surface area (Å²) in [4.78, 5) is 4.46. The van der Waals surface area contributed by atoms with Crippen molar-refractivity contribution in [2.75, 3.05) is 37.6 Å². The second-order valence-electron chi connectivity index (χ2n) is 7.42. The van der Waals surface area contributed by atoms with Crippen LogP contribution in [0.1, 0.15) is 25.7 Å². The van der Waals surface area contributed by atoms with E-state index in [2.05, 4.69) is 9.80 Å². The van der Waals surface area contributed by atoms with Crippen LogP contribution in [0, 0.1) is 11.3 Å². The Morgan fingerprint density at radius 3 is 2.50 bits per heavy atom. The molecule has 1 spiro atoms. The van der Waals surface area contributed by atoms with E-state index in [1.165, 1.54) is 12.8 Å². The molecule has 22 heavy (non-hydrogen) atoms. The second kappa shape index (κ2) is 5.19. The van der Waals surface area contributed by atoms with Gasteiger partial charge in [0.15, 0.2) is 0 Å². The van der Waals surface area contributed by atoms with Gasteiger partial charge in [-0.05, 0) is 37.3 Å². The second-order valence-corrected chi connectivity index (χ2v) is 7.42. The molecule has 3 fully saturated rings. The number of likely N-dealkylation sites (tertiary alicyclic amines) is 1. The summed E-state index contributed by atoms with van der Waals surface area (Å²) in [5.74, 6) is -1.76. The molecule has 120 valence electrons. The normalized spacial score (nSPS) is 31.8. The highest BCUT2D eigenvalue weighted by Crippen LogP contribution is 2.50. The van der Waals surface area contributed by atoms with Gasteiger partial charge in [-0.2, -0.15) is 0 Å². The van der Waals surface area contributed by atoms with Crippen molar-refractivity contribution < 1.29 is 8.78 Å². The summed E-state index contributed by atoms with van der Waals surface area (Å²) >= 11 is 0. The van der Waals surface area contributed by atoms with Gasteiger partial charge in [-0.1, -0.05) is 18.2 Å². The van der Waals surface area contributed by atoms with Crippen molar-refractivity contribution in [2.45, 2.75) is 31.6 Å². The number of nitrogens with zero attached hydrogens (tertiary/aromatic N) is 2. The van der Waals surface area contributed by atoms with Crippen molar-refractivity contribution in [1.82, 2.24) is 4.90 Å². The van der Waals surface area contributed by atoms with Crippen LogP contribution in [0.25, 0.3) is 0 Å². The zero-order valence-electron chi connectivity index (χ0n) is 13.0. The molecule has 0 bridgehead atoms. The summed E-state index contributed by atoms with van der Waals surface area (Å²) < 4.78 is 29.5. The Kier molecular flexibility index (Phi) is 3.40. The zero-order chi connectivity index (χ0) is 15.2. The summed E-state index contributed by atoms with van der Waals surface area (Å²) in [5, 5.41) is 0. The molecular weight excluding hydrogens is 282 g/mol. The molecule has 2 heterocycles. The molecule has 0 radical (unpaired) electrons. The summed E-state index contributed by atoms with van der Waals surface area (Å²) in [5.41, 5.74) is 0.227. The minimum atomic E-state index is -2.53. The van der Waals surface area contributed by atoms with Crippen LogP contribution >= 0.6 is 0 Å². The molecule has 2 saturated heterocycles. The number of para-hydroxylation sites is 1. The first-order valence-corrected chi connectivity index (χ1v) is 8.48. The average molecular weight is 306 g/mol. The van der Waals surface area contributed by atoms with Gasteiger partial charge in [-0.15, -0.1) is 0 Å². The Labute approximate surface area is 131 Å². The molecule has 1 aromatic carbocycles. The lowest BCUT2D eigenvalue weighted by atomic mass is 9.75. The van der Waals surface area contributed by atoms with Crippen LogP contribution in [-0.4, -0.2) is 43.5 Å². The van der Waals surface area contributed by atoms with Crippen molar-refractivity contribution in [2.24, 2.45) is 11.3 Å². The standard InChI is InChI=1S/C18H24F2N2/c19-18(20)9-10-21(12-15-6-7-15)13-17(18)8-11-22(14-17)16-4-2-1-3-5-16/h1-5,15H,6-14H2/t17-/m1/s1. The molecule has 0 amide bonds. The van der Waals surface area contributed by atoms with E-state index in [0.717, 1.165) is 24.7 Å². The molecule has 2 aliphatic heterocycles. The van der Waals surface area contributed by atoms with Crippen LogP contribution in [0.4, 0.5) is 14.5 Å². The monoisotopic (exact) mass is 306 g/mol. The predicted octanol–water partition coefficient (Wildman–Crippen LogP) is 3.63. The van der Waals surface area contributed by atoms with Crippen molar-refractivity contribution in [3.8, 4) is 0 Å². The van der Waals surface area contributed by atoms with Gasteiger partial charge in [0.2, 0.25) is 0 Å². The SMILES string of the molecule is FC1(F)CCN(CC2CC2)C[C@@]12CCN(c1ccccc1)C2. The first-order valence-electron chi connectivity index (χ1n) is 8.48. The fourth-order valence-electron chi connectivity index (χ4n) is 4.17. The maximum absolute atomic E-state index is 14.7. The minimum absolute atomic E-state index is 0.0301. The molecule has 1 aromatic rings. The van der Waals surface area contributed by atoms with E-state index in [1.807, 2.05) is 30.3 Å². The van der Waals surface area contributed by atoms with Crippen LogP contribution in [0.15, 0.2) is 30.3 Å². The van der Waals surface area contributed by atoms with E-state index in [0.29, 0.717) is 26.1 Å². The quantitative estimate of drug-likeness (QED) is 0.841. The van der Waals surface area contributed by atoms with Gasteiger partial charge in [0.05, 0.1) is 5.41 Å². The number of rotatable bonds is 3. The van der Waals surface area contributed by atoms with Gasteiger partial charge in [0.1, 0.15) is 0 Å². The molecule has 1 aliphatic carbocycles. The van der Waals surface area contributed by atoms with Gasteiger partial charge < -0.3 is 9.80 Å². The van der Waals surface area contributed by atoms with E-state index in [4.69, 9.17) is 0 Å². The smallest absolute Gasteiger partial charge is 0.257 e. The van der Waals surface area contributed by atoms with E-state index in [9.17, 15) is 8.78 Å². The van der Waals surface area contributed by atoms with E-state index in [1.54, 1.807) is 0 Å². The number of benzene rings is 1. The van der Waals surface area contributed by atoms with Gasteiger partial charge >= 0.3 is 0 Å². The summed E-state index contributed by atoms with van der Waals surface area (Å²) in [6, 6.07) is 10.0. The molecule has 0 N–H and O–H groups in total. The molecular formula is C18H24F2N2. The number of hydrogen-bond acceptors (Lipinski definition) is 2. The molecule has 0 aromatic heterocycles. The maximum Gasteiger partial charge on any atom is 0.257 e. The zero-order valence-corrected chi connectivity index (χ0v) is 13.0. The molecule has 2 nitrogen and oxygen atoms in total. The topological polar surface area (TPSA) is 6.48 Å². The minimum Gasteiger partial charge on any atom is -0.371 e. The summed E-state index contributed by atoms with van der Waals surface area (Å²) in [6.45, 7) is 3.40. The number of anilines is 1. The van der Waals surface area contributed by atoms with Gasteiger partial charge in [-0.3, -0.25) is 0 Å². The first kappa shape index (κ1) is 14.4. The molecule has 4 rings (SSSR count). The third-order valence-corrected chi connectivity index (χ3v) is 5.73. The molecule has 1 atom stereocenters. The average Bonchev–Trinajstić information content (AvgIpc) is 3.22. The largest absolute Gasteiger partial charge is 0.371 e. The van der Waals surface area contributed by atoms with Crippen molar-refractivity contribution in [1.29, 1.82) is 0 Å². The third kappa shape index (κ3) is 2.51. The number of piperidine rings is 1. The third-order valence-electron chi connectivity index (χ3n) is 5.73. The van der Waals surface area contributed by atoms with Gasteiger partial charge in [0.25, 0.3) is 5.92 Å². The lowest BCUT2D eigenvalue weighted by Crippen LogP contribution is -2.57. The Hall–Kier alpha value is -1.16. The summed E-state index contributed by atoms with van der Waals surface area (Å²) in [7, 11) is 0. The maximum atomic E-state index is 14.7. The van der Waals surface area contributed by atoms with E-state index < -0.39 is 11.3 Å². The highest BCUT2D eigenvalue weighted by molar-refractivity contribution is 5.47. The summed E-state index contributed by atoms with van der Waals surface area (Å²) in [6.07, 6.45) is 3.21. The Bertz CT molecular complexity index is 529. The number of alkyl halides is 2. The molecule has 0 unspecified atom stereocenters. The Morgan fingerprint density at radius 2 is 1.77 bits per heavy atom. The lowest BCUT2D eigenvalue weighted by Gasteiger charge is -2.46. The van der Waals surface area contributed by atoms with Crippen LogP contribution in [0.5, 0.6) is 0 Å². The molecule has 4 heteroatoms.